The lowest BCUT2D eigenvalue weighted by atomic mass is 9.43. The summed E-state index contributed by atoms with van der Waals surface area (Å²) in [7, 11) is 0. The fourth-order valence-electron chi connectivity index (χ4n) is 10.9. The maximum absolute atomic E-state index is 7.00. The van der Waals surface area contributed by atoms with Crippen LogP contribution in [0, 0.1) is 46.3 Å². The first-order chi connectivity index (χ1) is 21.8. The van der Waals surface area contributed by atoms with Gasteiger partial charge in [-0.25, -0.2) is 0 Å². The predicted molar refractivity (Wildman–Crippen MR) is 185 cm³/mol. The van der Waals surface area contributed by atoms with Crippen LogP contribution in [0.25, 0.3) is 0 Å². The molecule has 0 amide bonds. The molecule has 4 unspecified atom stereocenters. The molecule has 0 aliphatic heterocycles. The molecule has 0 spiro atoms. The van der Waals surface area contributed by atoms with Gasteiger partial charge in [0.25, 0.3) is 0 Å². The number of unbranched alkanes of at least 4 members (excludes halogenated alkanes) is 2. The monoisotopic (exact) mass is 636 g/mol. The molecule has 0 aromatic heterocycles. The third-order valence-corrected chi connectivity index (χ3v) is 13.3. The van der Waals surface area contributed by atoms with Crippen molar-refractivity contribution in [3.63, 3.8) is 0 Å². The van der Waals surface area contributed by atoms with Crippen molar-refractivity contribution in [3.05, 3.63) is 0 Å². The minimum Gasteiger partial charge on any atom is -0.381 e. The Hall–Kier alpha value is -0.280. The van der Waals surface area contributed by atoms with Gasteiger partial charge in [-0.1, -0.05) is 40.5 Å². The molecule has 7 heteroatoms. The van der Waals surface area contributed by atoms with Gasteiger partial charge >= 0.3 is 0 Å². The first-order valence-corrected chi connectivity index (χ1v) is 19.4. The molecule has 0 saturated heterocycles. The molecular weight excluding hydrogens is 562 g/mol. The molecule has 0 aromatic rings. The average molecular weight is 636 g/mol. The van der Waals surface area contributed by atoms with Crippen molar-refractivity contribution in [1.29, 1.82) is 0 Å². The van der Waals surface area contributed by atoms with Crippen molar-refractivity contribution in [1.82, 2.24) is 0 Å². The summed E-state index contributed by atoms with van der Waals surface area (Å²) in [6.07, 6.45) is 18.4. The van der Waals surface area contributed by atoms with E-state index in [0.717, 1.165) is 71.6 Å². The van der Waals surface area contributed by atoms with Gasteiger partial charge in [-0.2, -0.15) is 0 Å². The molecule has 0 aromatic carbocycles. The minimum atomic E-state index is 0.165. The Labute approximate surface area is 277 Å². The van der Waals surface area contributed by atoms with E-state index in [1.54, 1.807) is 0 Å². The van der Waals surface area contributed by atoms with Gasteiger partial charge in [0, 0.05) is 38.4 Å². The number of fused-ring (bicyclic) bond motifs is 5. The summed E-state index contributed by atoms with van der Waals surface area (Å²) in [6.45, 7) is 16.3. The zero-order valence-corrected chi connectivity index (χ0v) is 29.8. The molecule has 0 heterocycles. The summed E-state index contributed by atoms with van der Waals surface area (Å²) in [5, 5.41) is 0. The fraction of sp³-hybridized carbons (Fsp3) is 1.00. The van der Waals surface area contributed by atoms with Gasteiger partial charge in [-0.15, -0.1) is 0 Å². The SMILES string of the molecule is CCCCCOCCC[C@@H](C)[C@H]1CC[C@H]2C3[C@H](OCCCN)CC4C[C@H](OCCCN)CCC4(C)[C@H]3C[C@H](OCCCN)C12C. The van der Waals surface area contributed by atoms with Crippen LogP contribution in [0.2, 0.25) is 0 Å². The van der Waals surface area contributed by atoms with E-state index in [1.165, 1.54) is 57.8 Å². The molecule has 4 saturated carbocycles. The van der Waals surface area contributed by atoms with E-state index in [2.05, 4.69) is 27.7 Å². The van der Waals surface area contributed by atoms with Crippen molar-refractivity contribution < 1.29 is 18.9 Å². The smallest absolute Gasteiger partial charge is 0.0637 e. The third kappa shape index (κ3) is 8.85. The van der Waals surface area contributed by atoms with Crippen molar-refractivity contribution in [2.45, 2.75) is 142 Å². The van der Waals surface area contributed by atoms with E-state index in [0.29, 0.717) is 72.8 Å². The van der Waals surface area contributed by atoms with E-state index >= 15 is 0 Å². The second kappa shape index (κ2) is 18.5. The number of ether oxygens (including phenoxy) is 4. The highest BCUT2D eigenvalue weighted by Gasteiger charge is 2.66. The molecule has 4 fully saturated rings. The van der Waals surface area contributed by atoms with E-state index in [1.807, 2.05) is 0 Å². The Morgan fingerprint density at radius 2 is 1.40 bits per heavy atom. The molecule has 7 nitrogen and oxygen atoms in total. The van der Waals surface area contributed by atoms with Crippen LogP contribution >= 0.6 is 0 Å². The van der Waals surface area contributed by atoms with Crippen LogP contribution in [-0.2, 0) is 18.9 Å². The van der Waals surface area contributed by atoms with Crippen molar-refractivity contribution in [2.24, 2.45) is 63.5 Å². The first-order valence-electron chi connectivity index (χ1n) is 19.4. The number of nitrogens with two attached hydrogens (primary N) is 3. The topological polar surface area (TPSA) is 115 Å². The predicted octanol–water partition coefficient (Wildman–Crippen LogP) is 6.69. The maximum atomic E-state index is 7.00. The molecule has 4 rings (SSSR count). The molecule has 45 heavy (non-hydrogen) atoms. The van der Waals surface area contributed by atoms with Gasteiger partial charge in [0.1, 0.15) is 0 Å². The van der Waals surface area contributed by atoms with E-state index in [4.69, 9.17) is 36.1 Å². The van der Waals surface area contributed by atoms with Gasteiger partial charge in [0.2, 0.25) is 0 Å². The lowest BCUT2D eigenvalue weighted by molar-refractivity contribution is -0.227. The van der Waals surface area contributed by atoms with Gasteiger partial charge in [-0.3, -0.25) is 0 Å². The largest absolute Gasteiger partial charge is 0.381 e. The van der Waals surface area contributed by atoms with Crippen LogP contribution in [-0.4, -0.2) is 71.0 Å². The highest BCUT2D eigenvalue weighted by Crippen LogP contribution is 2.69. The van der Waals surface area contributed by atoms with Crippen LogP contribution in [0.1, 0.15) is 124 Å². The Morgan fingerprint density at radius 3 is 2.11 bits per heavy atom. The third-order valence-electron chi connectivity index (χ3n) is 13.3. The second-order valence-electron chi connectivity index (χ2n) is 15.9. The molecular formula is C38H73N3O4. The quantitative estimate of drug-likeness (QED) is 0.120. The van der Waals surface area contributed by atoms with Gasteiger partial charge in [0.15, 0.2) is 0 Å². The molecule has 4 aliphatic rings. The summed E-state index contributed by atoms with van der Waals surface area (Å²) in [4.78, 5) is 0. The molecule has 6 N–H and O–H groups in total. The van der Waals surface area contributed by atoms with Crippen LogP contribution in [0.4, 0.5) is 0 Å². The van der Waals surface area contributed by atoms with E-state index in [9.17, 15) is 0 Å². The van der Waals surface area contributed by atoms with Gasteiger partial charge in [-0.05, 0) is 144 Å². The summed E-state index contributed by atoms with van der Waals surface area (Å²) in [6, 6.07) is 0. The van der Waals surface area contributed by atoms with Crippen LogP contribution in [0.5, 0.6) is 0 Å². The summed E-state index contributed by atoms with van der Waals surface area (Å²) >= 11 is 0. The van der Waals surface area contributed by atoms with Crippen molar-refractivity contribution in [3.8, 4) is 0 Å². The normalized spacial score (nSPS) is 38.5. The zero-order chi connectivity index (χ0) is 32.3. The van der Waals surface area contributed by atoms with E-state index < -0.39 is 0 Å². The summed E-state index contributed by atoms with van der Waals surface area (Å²) in [5.41, 5.74) is 18.2. The van der Waals surface area contributed by atoms with Gasteiger partial charge < -0.3 is 36.1 Å². The summed E-state index contributed by atoms with van der Waals surface area (Å²) < 4.78 is 26.3. The molecule has 4 aliphatic carbocycles. The van der Waals surface area contributed by atoms with Crippen molar-refractivity contribution >= 4 is 0 Å². The van der Waals surface area contributed by atoms with Crippen LogP contribution in [0.3, 0.4) is 0 Å². The van der Waals surface area contributed by atoms with Gasteiger partial charge in [0.05, 0.1) is 18.3 Å². The maximum Gasteiger partial charge on any atom is 0.0637 e. The highest BCUT2D eigenvalue weighted by atomic mass is 16.5. The van der Waals surface area contributed by atoms with Crippen molar-refractivity contribution in [2.75, 3.05) is 52.7 Å². The standard InChI is InChI=1S/C38H73N3O4/c1-5-6-7-20-42-21-8-12-28(2)31-13-14-32-36-33(27-35(38(31,32)4)45-24-11-19-41)37(3)16-15-30(43-22-9-17-39)25-29(37)26-34(36)44-23-10-18-40/h28-36H,5-27,39-41H2,1-4H3/t28-,29?,30-,31-,32+,33+,34-,35+,36?,37?,38?/m1/s1. The average Bonchev–Trinajstić information content (AvgIpc) is 3.39. The molecule has 11 atom stereocenters. The Morgan fingerprint density at radius 1 is 0.711 bits per heavy atom. The lowest BCUT2D eigenvalue weighted by Gasteiger charge is -2.65. The number of hydrogen-bond donors (Lipinski definition) is 3. The first kappa shape index (κ1) is 37.5. The van der Waals surface area contributed by atoms with E-state index in [-0.39, 0.29) is 11.5 Å². The van der Waals surface area contributed by atoms with Crippen LogP contribution < -0.4 is 17.2 Å². The molecule has 0 bridgehead atoms. The Balaban J connectivity index is 1.54. The lowest BCUT2D eigenvalue weighted by Crippen LogP contribution is -2.63. The molecule has 264 valence electrons. The number of hydrogen-bond acceptors (Lipinski definition) is 7. The Kier molecular flexibility index (Phi) is 15.4. The zero-order valence-electron chi connectivity index (χ0n) is 29.8. The summed E-state index contributed by atoms with van der Waals surface area (Å²) in [5.74, 6) is 3.82. The Bertz CT molecular complexity index is 833. The minimum absolute atomic E-state index is 0.165. The second-order valence-corrected chi connectivity index (χ2v) is 15.9. The number of rotatable bonds is 21. The van der Waals surface area contributed by atoms with Crippen LogP contribution in [0.15, 0.2) is 0 Å². The highest BCUT2D eigenvalue weighted by molar-refractivity contribution is 5.15. The molecule has 0 radical (unpaired) electrons. The fourth-order valence-corrected chi connectivity index (χ4v) is 10.9.